The summed E-state index contributed by atoms with van der Waals surface area (Å²) in [6.45, 7) is 0.927. The minimum atomic E-state index is -1.50. The van der Waals surface area contributed by atoms with E-state index in [4.69, 9.17) is 9.84 Å². The highest BCUT2D eigenvalue weighted by Gasteiger charge is 2.43. The third-order valence-electron chi connectivity index (χ3n) is 4.20. The topological polar surface area (TPSA) is 108 Å². The first-order valence-electron chi connectivity index (χ1n) is 8.00. The Balaban J connectivity index is 1.82. The van der Waals surface area contributed by atoms with Gasteiger partial charge in [0.1, 0.15) is 24.1 Å². The van der Waals surface area contributed by atoms with Gasteiger partial charge in [-0.3, -0.25) is 14.6 Å². The normalized spacial score (nSPS) is 20.9. The lowest BCUT2D eigenvalue weighted by Crippen LogP contribution is -2.50. The summed E-state index contributed by atoms with van der Waals surface area (Å²) in [4.78, 5) is 27.1. The molecule has 1 heterocycles. The number of nitrogens with one attached hydrogen (secondary N) is 1. The minimum absolute atomic E-state index is 0.522. The molecule has 3 rings (SSSR count). The molecule has 2 aromatic rings. The van der Waals surface area contributed by atoms with Crippen molar-refractivity contribution in [3.05, 3.63) is 59.7 Å². The largest absolute Gasteiger partial charge is 0.480 e. The van der Waals surface area contributed by atoms with Crippen LogP contribution >= 0.6 is 0 Å². The van der Waals surface area contributed by atoms with Crippen molar-refractivity contribution >= 4 is 18.1 Å². The highest BCUT2D eigenvalue weighted by molar-refractivity contribution is 5.95. The van der Waals surface area contributed by atoms with E-state index in [-0.39, 0.29) is 0 Å². The number of benzene rings is 2. The van der Waals surface area contributed by atoms with Crippen LogP contribution in [0.4, 0.5) is 0 Å². The summed E-state index contributed by atoms with van der Waals surface area (Å²) in [7, 11) is 0. The number of carbonyl (C=O) groups excluding carboxylic acids is 1. The van der Waals surface area contributed by atoms with Gasteiger partial charge in [-0.05, 0) is 36.8 Å². The lowest BCUT2D eigenvalue weighted by molar-refractivity contribution is -0.139. The van der Waals surface area contributed by atoms with E-state index in [1.165, 1.54) is 13.1 Å². The number of carbonyl (C=O) groups is 2. The zero-order valence-electron chi connectivity index (χ0n) is 14.0. The number of aliphatic imine (C=N–C) groups is 1. The van der Waals surface area contributed by atoms with Crippen LogP contribution in [-0.2, 0) is 9.59 Å². The van der Waals surface area contributed by atoms with Crippen molar-refractivity contribution in [1.82, 2.24) is 5.32 Å². The third-order valence-corrected chi connectivity index (χ3v) is 4.20. The van der Waals surface area contributed by atoms with Crippen molar-refractivity contribution in [3.63, 3.8) is 0 Å². The van der Waals surface area contributed by atoms with Crippen LogP contribution in [0.15, 0.2) is 53.5 Å². The van der Waals surface area contributed by atoms with Crippen molar-refractivity contribution in [1.29, 1.82) is 0 Å². The van der Waals surface area contributed by atoms with Gasteiger partial charge in [0.25, 0.3) is 5.91 Å². The molecule has 7 nitrogen and oxygen atoms in total. The van der Waals surface area contributed by atoms with Gasteiger partial charge in [-0.1, -0.05) is 24.3 Å². The third kappa shape index (κ3) is 3.43. The van der Waals surface area contributed by atoms with Crippen LogP contribution in [0.5, 0.6) is 11.5 Å². The first kappa shape index (κ1) is 17.6. The van der Waals surface area contributed by atoms with Gasteiger partial charge in [-0.2, -0.15) is 0 Å². The number of aliphatic hydroxyl groups excluding tert-OH is 1. The van der Waals surface area contributed by atoms with Crippen LogP contribution < -0.4 is 10.1 Å². The second-order valence-corrected chi connectivity index (χ2v) is 6.09. The molecule has 0 spiro atoms. The Morgan fingerprint density at radius 3 is 2.62 bits per heavy atom. The molecule has 0 fully saturated rings. The fourth-order valence-corrected chi connectivity index (χ4v) is 2.70. The zero-order chi connectivity index (χ0) is 18.7. The molecule has 2 aromatic carbocycles. The van der Waals surface area contributed by atoms with Gasteiger partial charge in [-0.15, -0.1) is 0 Å². The first-order valence-corrected chi connectivity index (χ1v) is 8.00. The molecule has 2 atom stereocenters. The van der Waals surface area contributed by atoms with Gasteiger partial charge in [0.2, 0.25) is 0 Å². The molecular formula is C19H18N2O5. The average molecular weight is 354 g/mol. The highest BCUT2D eigenvalue weighted by Crippen LogP contribution is 2.36. The maximum Gasteiger partial charge on any atom is 0.322 e. The van der Waals surface area contributed by atoms with Crippen molar-refractivity contribution in [3.8, 4) is 11.5 Å². The molecule has 3 N–H and O–H groups in total. The van der Waals surface area contributed by atoms with Gasteiger partial charge < -0.3 is 20.3 Å². The van der Waals surface area contributed by atoms with Gasteiger partial charge in [0.15, 0.2) is 5.54 Å². The number of carboxylic acid groups (broad SMARTS) is 1. The molecular weight excluding hydrogens is 336 g/mol. The first-order chi connectivity index (χ1) is 12.4. The van der Waals surface area contributed by atoms with Gasteiger partial charge in [0, 0.05) is 11.8 Å². The quantitative estimate of drug-likeness (QED) is 0.760. The van der Waals surface area contributed by atoms with E-state index in [0.717, 1.165) is 0 Å². The van der Waals surface area contributed by atoms with E-state index >= 15 is 0 Å². The summed E-state index contributed by atoms with van der Waals surface area (Å²) in [5.41, 5.74) is -0.340. The maximum absolute atomic E-state index is 12.3. The number of ether oxygens (including phenoxy) is 1. The van der Waals surface area contributed by atoms with Gasteiger partial charge in [0.05, 0.1) is 0 Å². The van der Waals surface area contributed by atoms with E-state index in [0.29, 0.717) is 22.6 Å². The summed E-state index contributed by atoms with van der Waals surface area (Å²) in [6.07, 6.45) is 0.280. The predicted molar refractivity (Wildman–Crippen MR) is 94.6 cm³/mol. The fourth-order valence-electron chi connectivity index (χ4n) is 2.70. The smallest absolute Gasteiger partial charge is 0.322 e. The highest BCUT2D eigenvalue weighted by atomic mass is 16.5. The van der Waals surface area contributed by atoms with Gasteiger partial charge >= 0.3 is 5.97 Å². The molecule has 0 saturated heterocycles. The summed E-state index contributed by atoms with van der Waals surface area (Å²) in [6, 6.07) is 14.4. The van der Waals surface area contributed by atoms with Crippen molar-refractivity contribution < 1.29 is 24.5 Å². The lowest BCUT2D eigenvalue weighted by atomic mass is 9.84. The SMILES string of the molecule is CC1(C(=O)NCC(=O)O)N=Cc2cc(Oc3ccccc3)ccc2C1O. The average Bonchev–Trinajstić information content (AvgIpc) is 2.63. The van der Waals surface area contributed by atoms with Gasteiger partial charge in [-0.25, -0.2) is 0 Å². The molecule has 0 aromatic heterocycles. The molecule has 1 aliphatic heterocycles. The van der Waals surface area contributed by atoms with Crippen molar-refractivity contribution in [2.75, 3.05) is 6.54 Å². The van der Waals surface area contributed by atoms with Crippen LogP contribution in [0.1, 0.15) is 24.2 Å². The Kier molecular flexibility index (Phi) is 4.73. The van der Waals surface area contributed by atoms with Crippen molar-refractivity contribution in [2.45, 2.75) is 18.6 Å². The number of aliphatic carboxylic acids is 1. The molecule has 2 unspecified atom stereocenters. The Morgan fingerprint density at radius 1 is 1.19 bits per heavy atom. The van der Waals surface area contributed by atoms with Crippen molar-refractivity contribution in [2.24, 2.45) is 4.99 Å². The Bertz CT molecular complexity index is 865. The summed E-state index contributed by atoms with van der Waals surface area (Å²) < 4.78 is 5.76. The summed E-state index contributed by atoms with van der Waals surface area (Å²) in [5, 5.41) is 21.6. The van der Waals surface area contributed by atoms with E-state index in [1.54, 1.807) is 18.2 Å². The number of hydrogen-bond acceptors (Lipinski definition) is 5. The number of amides is 1. The molecule has 26 heavy (non-hydrogen) atoms. The number of nitrogens with zero attached hydrogens (tertiary/aromatic N) is 1. The number of aliphatic hydroxyl groups is 1. The van der Waals surface area contributed by atoms with Crippen LogP contribution in [-0.4, -0.2) is 40.4 Å². The number of para-hydroxylation sites is 1. The van der Waals surface area contributed by atoms with Crippen LogP contribution in [0.25, 0.3) is 0 Å². The molecule has 1 amide bonds. The number of rotatable bonds is 5. The standard InChI is InChI=1S/C19H18N2O5/c1-19(18(25)20-11-16(22)23)17(24)15-8-7-14(9-12(15)10-21-19)26-13-5-3-2-4-6-13/h2-10,17,24H,11H2,1H3,(H,20,25)(H,22,23). The Morgan fingerprint density at radius 2 is 1.92 bits per heavy atom. The lowest BCUT2D eigenvalue weighted by Gasteiger charge is -2.33. The zero-order valence-corrected chi connectivity index (χ0v) is 14.0. The Labute approximate surface area is 150 Å². The predicted octanol–water partition coefficient (Wildman–Crippen LogP) is 1.90. The second-order valence-electron chi connectivity index (χ2n) is 6.09. The Hall–Kier alpha value is -3.19. The molecule has 0 aliphatic carbocycles. The van der Waals surface area contributed by atoms with E-state index in [1.807, 2.05) is 30.3 Å². The van der Waals surface area contributed by atoms with E-state index in [9.17, 15) is 14.7 Å². The molecule has 1 aliphatic rings. The van der Waals surface area contributed by atoms with E-state index < -0.39 is 30.1 Å². The number of hydrogen-bond donors (Lipinski definition) is 3. The van der Waals surface area contributed by atoms with E-state index in [2.05, 4.69) is 10.3 Å². The summed E-state index contributed by atoms with van der Waals surface area (Å²) in [5.74, 6) is -0.565. The molecule has 0 bridgehead atoms. The minimum Gasteiger partial charge on any atom is -0.480 e. The number of carboxylic acids is 1. The van der Waals surface area contributed by atoms with Crippen LogP contribution in [0.3, 0.4) is 0 Å². The number of fused-ring (bicyclic) bond motifs is 1. The molecule has 0 radical (unpaired) electrons. The van der Waals surface area contributed by atoms with Crippen LogP contribution in [0.2, 0.25) is 0 Å². The fraction of sp³-hybridized carbons (Fsp3) is 0.211. The monoisotopic (exact) mass is 354 g/mol. The summed E-state index contributed by atoms with van der Waals surface area (Å²) >= 11 is 0. The van der Waals surface area contributed by atoms with Crippen LogP contribution in [0, 0.1) is 0 Å². The second kappa shape index (κ2) is 6.97. The maximum atomic E-state index is 12.3. The molecule has 134 valence electrons. The molecule has 7 heteroatoms. The molecule has 0 saturated carbocycles.